The van der Waals surface area contributed by atoms with Crippen LogP contribution in [0.1, 0.15) is 0 Å². The second-order valence-corrected chi connectivity index (χ2v) is 3.78. The number of fused-ring (bicyclic) bond motifs is 1. The average Bonchev–Trinajstić information content (AvgIpc) is 2.27. The third kappa shape index (κ3) is 0.906. The molecule has 1 heterocycles. The number of para-hydroxylation sites is 1. The molecular weight excluding hydrogens is 141 g/mol. The van der Waals surface area contributed by atoms with Crippen LogP contribution in [0.2, 0.25) is 6.82 Å². The Kier molecular flexibility index (Phi) is 1.38. The maximum Gasteiger partial charge on any atom is 0.322 e. The molecule has 1 nitrogen and oxygen atoms in total. The summed E-state index contributed by atoms with van der Waals surface area (Å²) in [5.74, 6) is 0. The van der Waals surface area contributed by atoms with Crippen molar-refractivity contribution >= 4 is 23.4 Å². The molecule has 1 N–H and O–H groups in total. The molecule has 0 aromatic heterocycles. The van der Waals surface area contributed by atoms with Gasteiger partial charge in [-0.05, 0) is 12.1 Å². The van der Waals surface area contributed by atoms with E-state index >= 15 is 0 Å². The smallest absolute Gasteiger partial charge is 0.322 e. The van der Waals surface area contributed by atoms with Crippen LogP contribution in [0.5, 0.6) is 0 Å². The summed E-state index contributed by atoms with van der Waals surface area (Å²) in [7, 11) is 0. The SMILES string of the molecule is CB1Nc2ccccc2S1. The van der Waals surface area contributed by atoms with Crippen LogP contribution < -0.4 is 5.23 Å². The molecule has 2 rings (SSSR count). The lowest BCUT2D eigenvalue weighted by atomic mass is 9.97. The lowest BCUT2D eigenvalue weighted by Gasteiger charge is -1.96. The molecule has 3 heteroatoms. The number of benzene rings is 1. The molecule has 0 saturated carbocycles. The van der Waals surface area contributed by atoms with Gasteiger partial charge in [-0.25, -0.2) is 0 Å². The first-order valence-electron chi connectivity index (χ1n) is 3.38. The third-order valence-electron chi connectivity index (χ3n) is 1.55. The molecule has 0 fully saturated rings. The molecule has 0 aliphatic carbocycles. The van der Waals surface area contributed by atoms with Crippen molar-refractivity contribution in [1.29, 1.82) is 0 Å². The molecule has 0 atom stereocenters. The minimum atomic E-state index is 0.539. The van der Waals surface area contributed by atoms with Crippen molar-refractivity contribution in [3.8, 4) is 0 Å². The summed E-state index contributed by atoms with van der Waals surface area (Å²) in [4.78, 5) is 1.37. The Balaban J connectivity index is 2.42. The zero-order valence-corrected chi connectivity index (χ0v) is 6.61. The summed E-state index contributed by atoms with van der Waals surface area (Å²) in [6, 6.07) is 8.40. The van der Waals surface area contributed by atoms with Gasteiger partial charge in [-0.1, -0.05) is 19.0 Å². The lowest BCUT2D eigenvalue weighted by Crippen LogP contribution is -2.08. The molecule has 0 radical (unpaired) electrons. The van der Waals surface area contributed by atoms with E-state index in [2.05, 4.69) is 36.3 Å². The molecule has 0 bridgehead atoms. The Morgan fingerprint density at radius 2 is 2.20 bits per heavy atom. The molecule has 0 unspecified atom stereocenters. The van der Waals surface area contributed by atoms with Gasteiger partial charge in [0, 0.05) is 10.6 Å². The van der Waals surface area contributed by atoms with E-state index < -0.39 is 0 Å². The summed E-state index contributed by atoms with van der Waals surface area (Å²) >= 11 is 1.88. The molecule has 1 aliphatic rings. The highest BCUT2D eigenvalue weighted by Crippen LogP contribution is 2.35. The van der Waals surface area contributed by atoms with E-state index in [-0.39, 0.29) is 0 Å². The Morgan fingerprint density at radius 3 is 3.00 bits per heavy atom. The fraction of sp³-hybridized carbons (Fsp3) is 0.143. The van der Waals surface area contributed by atoms with Crippen molar-refractivity contribution in [3.05, 3.63) is 24.3 Å². The lowest BCUT2D eigenvalue weighted by molar-refractivity contribution is 1.48. The van der Waals surface area contributed by atoms with Gasteiger partial charge in [0.2, 0.25) is 0 Å². The van der Waals surface area contributed by atoms with Gasteiger partial charge in [-0.3, -0.25) is 0 Å². The minimum Gasteiger partial charge on any atom is -0.418 e. The topological polar surface area (TPSA) is 12.0 Å². The normalized spacial score (nSPS) is 14.7. The zero-order chi connectivity index (χ0) is 6.97. The van der Waals surface area contributed by atoms with E-state index in [9.17, 15) is 0 Å². The van der Waals surface area contributed by atoms with Gasteiger partial charge in [0.15, 0.2) is 0 Å². The molecule has 0 saturated heterocycles. The van der Waals surface area contributed by atoms with Crippen LogP contribution >= 0.6 is 11.6 Å². The molecule has 50 valence electrons. The van der Waals surface area contributed by atoms with E-state index in [0.717, 1.165) is 0 Å². The standard InChI is InChI=1S/C7H8BNS/c1-8-9-6-4-2-3-5-7(6)10-8/h2-5,9H,1H3. The van der Waals surface area contributed by atoms with E-state index in [1.165, 1.54) is 10.6 Å². The van der Waals surface area contributed by atoms with Crippen molar-refractivity contribution in [2.45, 2.75) is 11.7 Å². The van der Waals surface area contributed by atoms with Crippen molar-refractivity contribution < 1.29 is 0 Å². The van der Waals surface area contributed by atoms with Crippen molar-refractivity contribution in [1.82, 2.24) is 0 Å². The third-order valence-corrected chi connectivity index (χ3v) is 2.63. The predicted molar refractivity (Wildman–Crippen MR) is 47.5 cm³/mol. The first-order valence-corrected chi connectivity index (χ1v) is 4.26. The van der Waals surface area contributed by atoms with Crippen LogP contribution in [0.3, 0.4) is 0 Å². The van der Waals surface area contributed by atoms with Crippen LogP contribution in [0.25, 0.3) is 0 Å². The highest BCUT2D eigenvalue weighted by molar-refractivity contribution is 8.26. The summed E-state index contributed by atoms with van der Waals surface area (Å²) in [6.45, 7) is 2.17. The Hall–Kier alpha value is -0.565. The average molecular weight is 149 g/mol. The number of anilines is 1. The van der Waals surface area contributed by atoms with Crippen LogP contribution in [0.4, 0.5) is 5.69 Å². The molecule has 0 spiro atoms. The molecular formula is C7H8BNS. The van der Waals surface area contributed by atoms with Crippen molar-refractivity contribution in [2.75, 3.05) is 5.23 Å². The van der Waals surface area contributed by atoms with E-state index in [0.29, 0.717) is 6.13 Å². The highest BCUT2D eigenvalue weighted by Gasteiger charge is 2.19. The second-order valence-electron chi connectivity index (χ2n) is 2.40. The van der Waals surface area contributed by atoms with E-state index in [1.807, 2.05) is 11.6 Å². The fourth-order valence-corrected chi connectivity index (χ4v) is 2.11. The number of hydrogen-bond acceptors (Lipinski definition) is 2. The van der Waals surface area contributed by atoms with Crippen LogP contribution in [-0.4, -0.2) is 6.13 Å². The van der Waals surface area contributed by atoms with Gasteiger partial charge in [0.05, 0.1) is 0 Å². The first-order chi connectivity index (χ1) is 4.86. The molecule has 0 amide bonds. The van der Waals surface area contributed by atoms with Crippen LogP contribution in [0.15, 0.2) is 29.2 Å². The molecule has 10 heavy (non-hydrogen) atoms. The van der Waals surface area contributed by atoms with E-state index in [1.54, 1.807) is 0 Å². The Morgan fingerprint density at radius 1 is 1.40 bits per heavy atom. The first kappa shape index (κ1) is 6.16. The van der Waals surface area contributed by atoms with Gasteiger partial charge in [0.1, 0.15) is 0 Å². The zero-order valence-electron chi connectivity index (χ0n) is 5.79. The quantitative estimate of drug-likeness (QED) is 0.568. The minimum absolute atomic E-state index is 0.539. The predicted octanol–water partition coefficient (Wildman–Crippen LogP) is 2.32. The van der Waals surface area contributed by atoms with Crippen LogP contribution in [-0.2, 0) is 0 Å². The monoisotopic (exact) mass is 149 g/mol. The summed E-state index contributed by atoms with van der Waals surface area (Å²) < 4.78 is 0. The van der Waals surface area contributed by atoms with Gasteiger partial charge >= 0.3 is 6.13 Å². The fourth-order valence-electron chi connectivity index (χ4n) is 1.13. The largest absolute Gasteiger partial charge is 0.418 e. The summed E-state index contributed by atoms with van der Waals surface area (Å²) in [5, 5.41) is 3.36. The van der Waals surface area contributed by atoms with E-state index in [4.69, 9.17) is 0 Å². The van der Waals surface area contributed by atoms with Gasteiger partial charge in [0.25, 0.3) is 0 Å². The molecule has 1 aromatic carbocycles. The maximum atomic E-state index is 3.36. The van der Waals surface area contributed by atoms with Gasteiger partial charge in [-0.15, -0.1) is 11.6 Å². The summed E-state index contributed by atoms with van der Waals surface area (Å²) in [5.41, 5.74) is 1.28. The van der Waals surface area contributed by atoms with Gasteiger partial charge < -0.3 is 5.23 Å². The van der Waals surface area contributed by atoms with Crippen molar-refractivity contribution in [2.24, 2.45) is 0 Å². The number of rotatable bonds is 0. The Bertz CT molecular complexity index is 226. The number of hydrogen-bond donors (Lipinski definition) is 1. The van der Waals surface area contributed by atoms with Gasteiger partial charge in [-0.2, -0.15) is 0 Å². The highest BCUT2D eigenvalue weighted by atomic mass is 32.2. The van der Waals surface area contributed by atoms with Crippen LogP contribution in [0, 0.1) is 0 Å². The Labute approximate surface area is 65.2 Å². The summed E-state index contributed by atoms with van der Waals surface area (Å²) in [6.07, 6.45) is 0.539. The van der Waals surface area contributed by atoms with Crippen molar-refractivity contribution in [3.63, 3.8) is 0 Å². The maximum absolute atomic E-state index is 3.36. The second kappa shape index (κ2) is 2.24. The number of nitrogens with one attached hydrogen (secondary N) is 1. The molecule has 1 aliphatic heterocycles. The molecule has 1 aromatic rings.